The molecule has 41 heavy (non-hydrogen) atoms. The molecule has 1 aliphatic carbocycles. The minimum atomic E-state index is -0.308. The Bertz CT molecular complexity index is 1550. The predicted octanol–water partition coefficient (Wildman–Crippen LogP) is 4.94. The summed E-state index contributed by atoms with van der Waals surface area (Å²) < 4.78 is 5.46. The summed E-state index contributed by atoms with van der Waals surface area (Å²) >= 11 is 0. The number of aromatic nitrogens is 3. The molecule has 0 unspecified atom stereocenters. The average molecular weight is 553 g/mol. The second-order valence-corrected chi connectivity index (χ2v) is 10.9. The Hall–Kier alpha value is -4.08. The number of nitrogens with one attached hydrogen (secondary N) is 3. The number of rotatable bonds is 8. The fraction of sp³-hybridized carbons (Fsp3) is 0.375. The van der Waals surface area contributed by atoms with E-state index in [0.717, 1.165) is 91.7 Å². The van der Waals surface area contributed by atoms with Crippen LogP contribution in [0.4, 0.5) is 5.69 Å². The zero-order valence-corrected chi connectivity index (χ0v) is 23.4. The quantitative estimate of drug-likeness (QED) is 0.285. The SMILES string of the molecule is CCc1cc(NC(=O)c2n[nH]c3ccc(-c4cncc(CN5CCOCC5)c4)cc23)ccc1C(=O)NC1CCCC1. The Morgan fingerprint density at radius 3 is 2.63 bits per heavy atom. The van der Waals surface area contributed by atoms with E-state index in [2.05, 4.69) is 36.8 Å². The molecule has 1 saturated heterocycles. The van der Waals surface area contributed by atoms with Gasteiger partial charge in [-0.2, -0.15) is 5.10 Å². The molecule has 9 nitrogen and oxygen atoms in total. The Morgan fingerprint density at radius 2 is 1.83 bits per heavy atom. The van der Waals surface area contributed by atoms with Gasteiger partial charge >= 0.3 is 0 Å². The number of aromatic amines is 1. The van der Waals surface area contributed by atoms with Gasteiger partial charge in [0.05, 0.1) is 18.7 Å². The largest absolute Gasteiger partial charge is 0.379 e. The van der Waals surface area contributed by atoms with E-state index >= 15 is 0 Å². The molecule has 2 amide bonds. The van der Waals surface area contributed by atoms with E-state index < -0.39 is 0 Å². The van der Waals surface area contributed by atoms with Gasteiger partial charge in [-0.05, 0) is 72.4 Å². The number of pyridine rings is 1. The summed E-state index contributed by atoms with van der Waals surface area (Å²) in [5.74, 6) is -0.348. The number of carbonyl (C=O) groups is 2. The molecule has 2 fully saturated rings. The number of hydrogen-bond acceptors (Lipinski definition) is 6. The Balaban J connectivity index is 1.19. The van der Waals surface area contributed by atoms with Gasteiger partial charge in [0, 0.05) is 60.3 Å². The Morgan fingerprint density at radius 1 is 1.00 bits per heavy atom. The minimum absolute atomic E-state index is 0.0408. The molecular formula is C32H36N6O3. The average Bonchev–Trinajstić information content (AvgIpc) is 3.67. The number of morpholine rings is 1. The van der Waals surface area contributed by atoms with E-state index in [-0.39, 0.29) is 17.9 Å². The molecule has 4 aromatic rings. The maximum Gasteiger partial charge on any atom is 0.276 e. The Labute approximate surface area is 239 Å². The zero-order chi connectivity index (χ0) is 28.2. The molecule has 2 aromatic carbocycles. The predicted molar refractivity (Wildman–Crippen MR) is 159 cm³/mol. The van der Waals surface area contributed by atoms with Crippen LogP contribution >= 0.6 is 0 Å². The third-order valence-corrected chi connectivity index (χ3v) is 8.10. The topological polar surface area (TPSA) is 112 Å². The number of anilines is 1. The van der Waals surface area contributed by atoms with Crippen LogP contribution in [0, 0.1) is 0 Å². The number of ether oxygens (including phenoxy) is 1. The third kappa shape index (κ3) is 6.16. The van der Waals surface area contributed by atoms with Crippen LogP contribution in [0.15, 0.2) is 54.9 Å². The standard InChI is InChI=1S/C32H36N6O3/c1-2-22-16-26(8-9-27(22)31(39)34-25-5-3-4-6-25)35-32(40)30-28-17-23(7-10-29(28)36-37-30)24-15-21(18-33-19-24)20-38-11-13-41-14-12-38/h7-10,15-19,25H,2-6,11-14,20H2,1H3,(H,34,39)(H,35,40)(H,36,37). The fourth-order valence-corrected chi connectivity index (χ4v) is 5.83. The van der Waals surface area contributed by atoms with E-state index in [1.807, 2.05) is 43.6 Å². The molecule has 3 N–H and O–H groups in total. The third-order valence-electron chi connectivity index (χ3n) is 8.10. The summed E-state index contributed by atoms with van der Waals surface area (Å²) in [4.78, 5) is 33.1. The highest BCUT2D eigenvalue weighted by atomic mass is 16.5. The van der Waals surface area contributed by atoms with Gasteiger partial charge in [0.1, 0.15) is 0 Å². The summed E-state index contributed by atoms with van der Waals surface area (Å²) in [6.07, 6.45) is 8.84. The monoisotopic (exact) mass is 552 g/mol. The molecule has 1 aliphatic heterocycles. The highest BCUT2D eigenvalue weighted by Gasteiger charge is 2.21. The highest BCUT2D eigenvalue weighted by Crippen LogP contribution is 2.27. The van der Waals surface area contributed by atoms with Gasteiger partial charge in [0.25, 0.3) is 11.8 Å². The lowest BCUT2D eigenvalue weighted by atomic mass is 10.0. The number of carbonyl (C=O) groups excluding carboxylic acids is 2. The molecule has 9 heteroatoms. The first kappa shape index (κ1) is 27.1. The summed E-state index contributed by atoms with van der Waals surface area (Å²) in [6.45, 7) is 6.19. The maximum atomic E-state index is 13.4. The first-order valence-corrected chi connectivity index (χ1v) is 14.5. The van der Waals surface area contributed by atoms with Crippen molar-refractivity contribution in [3.63, 3.8) is 0 Å². The lowest BCUT2D eigenvalue weighted by molar-refractivity contribution is 0.0341. The van der Waals surface area contributed by atoms with Gasteiger partial charge in [0.2, 0.25) is 0 Å². The molecular weight excluding hydrogens is 516 g/mol. The second kappa shape index (κ2) is 12.2. The zero-order valence-electron chi connectivity index (χ0n) is 23.4. The Kier molecular flexibility index (Phi) is 8.07. The second-order valence-electron chi connectivity index (χ2n) is 10.9. The summed E-state index contributed by atoms with van der Waals surface area (Å²) in [5, 5.41) is 14.2. The molecule has 212 valence electrons. The van der Waals surface area contributed by atoms with Gasteiger partial charge in [-0.15, -0.1) is 0 Å². The lowest BCUT2D eigenvalue weighted by Gasteiger charge is -2.26. The first-order chi connectivity index (χ1) is 20.1. The summed E-state index contributed by atoms with van der Waals surface area (Å²) in [6, 6.07) is 13.8. The van der Waals surface area contributed by atoms with Crippen LogP contribution in [0.1, 0.15) is 64.6 Å². The lowest BCUT2D eigenvalue weighted by Crippen LogP contribution is -2.35. The van der Waals surface area contributed by atoms with Crippen molar-refractivity contribution >= 4 is 28.4 Å². The number of amides is 2. The number of fused-ring (bicyclic) bond motifs is 1. The van der Waals surface area contributed by atoms with E-state index in [0.29, 0.717) is 23.4 Å². The first-order valence-electron chi connectivity index (χ1n) is 14.5. The van der Waals surface area contributed by atoms with Crippen LogP contribution in [0.25, 0.3) is 22.0 Å². The number of nitrogens with zero attached hydrogens (tertiary/aromatic N) is 3. The molecule has 2 aliphatic rings. The van der Waals surface area contributed by atoms with Crippen molar-refractivity contribution in [3.05, 3.63) is 77.2 Å². The van der Waals surface area contributed by atoms with E-state index in [9.17, 15) is 9.59 Å². The molecule has 0 atom stereocenters. The van der Waals surface area contributed by atoms with E-state index in [1.54, 1.807) is 12.1 Å². The van der Waals surface area contributed by atoms with Crippen LogP contribution in [0.2, 0.25) is 0 Å². The summed E-state index contributed by atoms with van der Waals surface area (Å²) in [7, 11) is 0. The van der Waals surface area contributed by atoms with Crippen molar-refractivity contribution in [1.82, 2.24) is 25.4 Å². The number of hydrogen-bond donors (Lipinski definition) is 3. The van der Waals surface area contributed by atoms with Crippen LogP contribution in [-0.4, -0.2) is 64.2 Å². The van der Waals surface area contributed by atoms with Crippen molar-refractivity contribution in [3.8, 4) is 11.1 Å². The van der Waals surface area contributed by atoms with Crippen LogP contribution < -0.4 is 10.6 Å². The van der Waals surface area contributed by atoms with Crippen molar-refractivity contribution in [2.24, 2.45) is 0 Å². The van der Waals surface area contributed by atoms with Crippen LogP contribution in [-0.2, 0) is 17.7 Å². The normalized spacial score (nSPS) is 16.2. The molecule has 0 spiro atoms. The maximum absolute atomic E-state index is 13.4. The van der Waals surface area contributed by atoms with Gasteiger partial charge in [-0.25, -0.2) is 0 Å². The molecule has 3 heterocycles. The van der Waals surface area contributed by atoms with Crippen molar-refractivity contribution < 1.29 is 14.3 Å². The number of aryl methyl sites for hydroxylation is 1. The van der Waals surface area contributed by atoms with Gasteiger partial charge < -0.3 is 15.4 Å². The number of benzene rings is 2. The molecule has 2 aromatic heterocycles. The summed E-state index contributed by atoms with van der Waals surface area (Å²) in [5.41, 5.74) is 6.40. The van der Waals surface area contributed by atoms with Gasteiger partial charge in [-0.3, -0.25) is 24.6 Å². The van der Waals surface area contributed by atoms with E-state index in [1.165, 1.54) is 0 Å². The minimum Gasteiger partial charge on any atom is -0.379 e. The van der Waals surface area contributed by atoms with Crippen molar-refractivity contribution in [2.45, 2.75) is 51.6 Å². The van der Waals surface area contributed by atoms with Crippen LogP contribution in [0.5, 0.6) is 0 Å². The van der Waals surface area contributed by atoms with Gasteiger partial charge in [-0.1, -0.05) is 25.8 Å². The molecule has 6 rings (SSSR count). The van der Waals surface area contributed by atoms with E-state index in [4.69, 9.17) is 4.74 Å². The fourth-order valence-electron chi connectivity index (χ4n) is 5.83. The molecule has 1 saturated carbocycles. The highest BCUT2D eigenvalue weighted by molar-refractivity contribution is 6.11. The van der Waals surface area contributed by atoms with Crippen molar-refractivity contribution in [1.29, 1.82) is 0 Å². The smallest absolute Gasteiger partial charge is 0.276 e. The number of H-pyrrole nitrogens is 1. The molecule has 0 bridgehead atoms. The van der Waals surface area contributed by atoms with Gasteiger partial charge in [0.15, 0.2) is 5.69 Å². The van der Waals surface area contributed by atoms with Crippen LogP contribution in [0.3, 0.4) is 0 Å². The van der Waals surface area contributed by atoms with Crippen molar-refractivity contribution in [2.75, 3.05) is 31.6 Å². The molecule has 0 radical (unpaired) electrons.